The zero-order chi connectivity index (χ0) is 17.9. The first-order valence-electron chi connectivity index (χ1n) is 7.37. The summed E-state index contributed by atoms with van der Waals surface area (Å²) in [6.07, 6.45) is 3.34. The van der Waals surface area contributed by atoms with Gasteiger partial charge in [-0.15, -0.1) is 0 Å². The number of rotatable bonds is 5. The van der Waals surface area contributed by atoms with E-state index in [1.807, 2.05) is 6.92 Å². The number of hydrogen-bond donors (Lipinski definition) is 5. The fourth-order valence-corrected chi connectivity index (χ4v) is 3.11. The van der Waals surface area contributed by atoms with Crippen molar-refractivity contribution in [3.63, 3.8) is 0 Å². The van der Waals surface area contributed by atoms with Crippen LogP contribution in [0.25, 0.3) is 0 Å². The summed E-state index contributed by atoms with van der Waals surface area (Å²) in [5.41, 5.74) is 0.854. The molecule has 0 radical (unpaired) electrons. The Hall–Kier alpha value is -1.92. The highest BCUT2D eigenvalue weighted by molar-refractivity contribution is 7.50. The third-order valence-electron chi connectivity index (χ3n) is 3.83. The highest BCUT2D eigenvalue weighted by atomic mass is 31.2. The molecule has 0 saturated heterocycles. The van der Waals surface area contributed by atoms with Gasteiger partial charge in [-0.1, -0.05) is 25.1 Å². The second-order valence-corrected chi connectivity index (χ2v) is 7.01. The second-order valence-electron chi connectivity index (χ2n) is 5.79. The van der Waals surface area contributed by atoms with Gasteiger partial charge in [-0.2, -0.15) is 4.76 Å². The van der Waals surface area contributed by atoms with Crippen LogP contribution < -0.4 is 0 Å². The molecule has 1 aromatic carbocycles. The van der Waals surface area contributed by atoms with Crippen molar-refractivity contribution in [2.45, 2.75) is 25.4 Å². The van der Waals surface area contributed by atoms with Crippen LogP contribution in [-0.4, -0.2) is 36.9 Å². The molecule has 0 aliphatic heterocycles. The largest absolute Gasteiger partial charge is 0.508 e. The first kappa shape index (κ1) is 18.4. The fraction of sp³-hybridized carbons (Fsp3) is 0.312. The summed E-state index contributed by atoms with van der Waals surface area (Å²) < 4.78 is 14.4. The first-order valence-corrected chi connectivity index (χ1v) is 8.94. The highest BCUT2D eigenvalue weighted by Gasteiger charge is 2.28. The van der Waals surface area contributed by atoms with E-state index in [9.17, 15) is 19.9 Å². The van der Waals surface area contributed by atoms with Crippen molar-refractivity contribution in [2.24, 2.45) is 10.7 Å². The van der Waals surface area contributed by atoms with Gasteiger partial charge in [0, 0.05) is 12.0 Å². The SMILES string of the molecule is CC(CC(O)C1C=CC(O)=C/C1=N\P(=O)(O)O)c1ccc(O)cc1. The molecule has 1 aliphatic rings. The summed E-state index contributed by atoms with van der Waals surface area (Å²) in [4.78, 5) is 18.0. The van der Waals surface area contributed by atoms with E-state index >= 15 is 0 Å². The number of aromatic hydroxyl groups is 1. The zero-order valence-electron chi connectivity index (χ0n) is 13.0. The normalized spacial score (nSPS) is 22.2. The zero-order valence-corrected chi connectivity index (χ0v) is 13.9. The molecule has 3 unspecified atom stereocenters. The van der Waals surface area contributed by atoms with E-state index in [0.29, 0.717) is 6.42 Å². The topological polar surface area (TPSA) is 131 Å². The van der Waals surface area contributed by atoms with Crippen LogP contribution in [0.5, 0.6) is 5.75 Å². The summed E-state index contributed by atoms with van der Waals surface area (Å²) in [5, 5.41) is 29.3. The number of aliphatic hydroxyl groups is 2. The van der Waals surface area contributed by atoms with Gasteiger partial charge in [-0.3, -0.25) is 0 Å². The number of allylic oxidation sites excluding steroid dienone is 2. The van der Waals surface area contributed by atoms with Crippen LogP contribution in [-0.2, 0) is 4.57 Å². The van der Waals surface area contributed by atoms with E-state index in [0.717, 1.165) is 11.6 Å². The van der Waals surface area contributed by atoms with Gasteiger partial charge in [0.15, 0.2) is 0 Å². The van der Waals surface area contributed by atoms with E-state index in [2.05, 4.69) is 4.76 Å². The van der Waals surface area contributed by atoms with Gasteiger partial charge in [0.1, 0.15) is 11.5 Å². The minimum absolute atomic E-state index is 0.0511. The Labute approximate surface area is 139 Å². The molecule has 2 rings (SSSR count). The van der Waals surface area contributed by atoms with E-state index in [1.54, 1.807) is 24.3 Å². The average Bonchev–Trinajstić information content (AvgIpc) is 2.46. The number of hydrogen-bond acceptors (Lipinski definition) is 4. The average molecular weight is 353 g/mol. The smallest absolute Gasteiger partial charge is 0.448 e. The molecule has 1 aliphatic carbocycles. The number of phenols is 1. The van der Waals surface area contributed by atoms with Gasteiger partial charge >= 0.3 is 7.75 Å². The molecule has 1 aromatic rings. The Morgan fingerprint density at radius 2 is 1.83 bits per heavy atom. The lowest BCUT2D eigenvalue weighted by Gasteiger charge is -2.25. The first-order chi connectivity index (χ1) is 11.2. The van der Waals surface area contributed by atoms with Gasteiger partial charge in [-0.25, -0.2) is 4.57 Å². The van der Waals surface area contributed by atoms with Crippen LogP contribution in [0.4, 0.5) is 0 Å². The molecule has 0 aromatic heterocycles. The summed E-state index contributed by atoms with van der Waals surface area (Å²) in [7, 11) is -4.68. The molecule has 0 heterocycles. The lowest BCUT2D eigenvalue weighted by atomic mass is 9.85. The van der Waals surface area contributed by atoms with Crippen molar-refractivity contribution in [1.29, 1.82) is 0 Å². The van der Waals surface area contributed by atoms with Crippen LogP contribution in [0, 0.1) is 5.92 Å². The third-order valence-corrected chi connectivity index (χ3v) is 4.32. The maximum absolute atomic E-state index is 11.1. The molecule has 130 valence electrons. The quantitative estimate of drug-likeness (QED) is 0.517. The summed E-state index contributed by atoms with van der Waals surface area (Å²) in [5.74, 6) is -0.812. The Kier molecular flexibility index (Phi) is 5.62. The lowest BCUT2D eigenvalue weighted by Crippen LogP contribution is -2.28. The maximum Gasteiger partial charge on any atom is 0.448 e. The lowest BCUT2D eigenvalue weighted by molar-refractivity contribution is 0.138. The van der Waals surface area contributed by atoms with Crippen LogP contribution in [0.2, 0.25) is 0 Å². The standard InChI is InChI=1S/C16H20NO6P/c1-10(11-2-4-12(18)5-3-11)8-16(20)14-7-6-13(19)9-15(14)17-24(21,22)23/h2-7,9-10,14,16,18-20H,8H2,1H3,(H2,21,22,23)/b17-15+. The molecule has 3 atom stereocenters. The van der Waals surface area contributed by atoms with E-state index in [1.165, 1.54) is 12.2 Å². The minimum atomic E-state index is -4.68. The molecule has 0 bridgehead atoms. The molecule has 8 heteroatoms. The second kappa shape index (κ2) is 7.32. The Morgan fingerprint density at radius 1 is 1.21 bits per heavy atom. The van der Waals surface area contributed by atoms with E-state index < -0.39 is 19.8 Å². The number of nitrogens with zero attached hydrogens (tertiary/aromatic N) is 1. The van der Waals surface area contributed by atoms with Crippen LogP contribution in [0.3, 0.4) is 0 Å². The summed E-state index contributed by atoms with van der Waals surface area (Å²) in [6.45, 7) is 1.90. The van der Waals surface area contributed by atoms with Crippen LogP contribution in [0.1, 0.15) is 24.8 Å². The molecular formula is C16H20NO6P. The monoisotopic (exact) mass is 353 g/mol. The fourth-order valence-electron chi connectivity index (χ4n) is 2.62. The predicted molar refractivity (Wildman–Crippen MR) is 90.0 cm³/mol. The molecule has 24 heavy (non-hydrogen) atoms. The summed E-state index contributed by atoms with van der Waals surface area (Å²) in [6, 6.07) is 6.61. The van der Waals surface area contributed by atoms with Crippen molar-refractivity contribution in [1.82, 2.24) is 0 Å². The van der Waals surface area contributed by atoms with E-state index in [4.69, 9.17) is 9.79 Å². The van der Waals surface area contributed by atoms with Gasteiger partial charge in [0.25, 0.3) is 0 Å². The molecular weight excluding hydrogens is 333 g/mol. The van der Waals surface area contributed by atoms with Gasteiger partial charge in [-0.05, 0) is 36.1 Å². The molecule has 5 N–H and O–H groups in total. The van der Waals surface area contributed by atoms with Crippen LogP contribution >= 0.6 is 7.75 Å². The van der Waals surface area contributed by atoms with Gasteiger partial charge in [0.2, 0.25) is 0 Å². The molecule has 0 amide bonds. The van der Waals surface area contributed by atoms with Crippen molar-refractivity contribution >= 4 is 13.5 Å². The third kappa shape index (κ3) is 5.04. The molecule has 0 fully saturated rings. The minimum Gasteiger partial charge on any atom is -0.508 e. The Bertz CT molecular complexity index is 719. The van der Waals surface area contributed by atoms with Crippen molar-refractivity contribution < 1.29 is 29.7 Å². The number of aliphatic hydroxyl groups excluding tert-OH is 2. The Balaban J connectivity index is 2.16. The number of phenolic OH excluding ortho intramolecular Hbond substituents is 1. The predicted octanol–water partition coefficient (Wildman–Crippen LogP) is 2.41. The van der Waals surface area contributed by atoms with Crippen molar-refractivity contribution in [3.05, 3.63) is 53.8 Å². The number of benzene rings is 1. The molecule has 7 nitrogen and oxygen atoms in total. The Morgan fingerprint density at radius 3 is 2.42 bits per heavy atom. The van der Waals surface area contributed by atoms with Crippen LogP contribution in [0.15, 0.2) is 53.0 Å². The van der Waals surface area contributed by atoms with E-state index in [-0.39, 0.29) is 23.1 Å². The molecule has 0 spiro atoms. The summed E-state index contributed by atoms with van der Waals surface area (Å²) >= 11 is 0. The van der Waals surface area contributed by atoms with Crippen molar-refractivity contribution in [3.8, 4) is 5.75 Å². The maximum atomic E-state index is 11.1. The van der Waals surface area contributed by atoms with Gasteiger partial charge < -0.3 is 25.1 Å². The van der Waals surface area contributed by atoms with Gasteiger partial charge in [0.05, 0.1) is 11.8 Å². The van der Waals surface area contributed by atoms with Crippen molar-refractivity contribution in [2.75, 3.05) is 0 Å². The molecule has 0 saturated carbocycles. The highest BCUT2D eigenvalue weighted by Crippen LogP contribution is 2.39.